The Morgan fingerprint density at radius 3 is 1.96 bits per heavy atom. The first kappa shape index (κ1) is 18.9. The van der Waals surface area contributed by atoms with Gasteiger partial charge >= 0.3 is 0 Å². The summed E-state index contributed by atoms with van der Waals surface area (Å²) in [6, 6.07) is -1.22. The molecule has 0 bridgehead atoms. The highest BCUT2D eigenvalue weighted by Crippen LogP contribution is 2.27. The van der Waals surface area contributed by atoms with Crippen LogP contribution in [-0.4, -0.2) is 110 Å². The minimum absolute atomic E-state index is 0.612. The van der Waals surface area contributed by atoms with Crippen molar-refractivity contribution in [3.63, 3.8) is 0 Å². The monoisotopic (exact) mass is 341 g/mol. The summed E-state index contributed by atoms with van der Waals surface area (Å²) in [5.74, 6) is 0. The average molecular weight is 341 g/mol. The highest BCUT2D eigenvalue weighted by atomic mass is 16.7. The van der Waals surface area contributed by atoms with Crippen LogP contribution < -0.4 is 5.73 Å². The van der Waals surface area contributed by atoms with Gasteiger partial charge in [-0.1, -0.05) is 0 Å². The summed E-state index contributed by atoms with van der Waals surface area (Å²) in [4.78, 5) is 0. The van der Waals surface area contributed by atoms with Gasteiger partial charge in [-0.15, -0.1) is 0 Å². The lowest BCUT2D eigenvalue weighted by Crippen LogP contribution is -2.66. The Morgan fingerprint density at radius 1 is 0.783 bits per heavy atom. The number of hydrogen-bond acceptors (Lipinski definition) is 11. The van der Waals surface area contributed by atoms with Gasteiger partial charge in [0.1, 0.15) is 42.7 Å². The molecule has 23 heavy (non-hydrogen) atoms. The molecule has 2 saturated heterocycles. The van der Waals surface area contributed by atoms with E-state index in [0.29, 0.717) is 0 Å². The second-order valence-corrected chi connectivity index (χ2v) is 5.61. The van der Waals surface area contributed by atoms with Gasteiger partial charge in [0.05, 0.1) is 19.3 Å². The first-order valence-electron chi connectivity index (χ1n) is 7.15. The van der Waals surface area contributed by atoms with Crippen LogP contribution >= 0.6 is 0 Å². The molecule has 0 radical (unpaired) electrons. The van der Waals surface area contributed by atoms with Crippen molar-refractivity contribution in [1.82, 2.24) is 0 Å². The average Bonchev–Trinajstić information content (AvgIpc) is 2.55. The topological polar surface area (TPSA) is 195 Å². The zero-order valence-corrected chi connectivity index (χ0v) is 12.1. The van der Waals surface area contributed by atoms with Gasteiger partial charge in [-0.25, -0.2) is 0 Å². The molecule has 9 N–H and O–H groups in total. The van der Waals surface area contributed by atoms with Crippen molar-refractivity contribution in [2.75, 3.05) is 13.2 Å². The summed E-state index contributed by atoms with van der Waals surface area (Å²) in [5, 5.41) is 67.0. The maximum absolute atomic E-state index is 9.98. The molecule has 2 aliphatic rings. The van der Waals surface area contributed by atoms with Gasteiger partial charge in [0, 0.05) is 0 Å². The normalized spacial score (nSPS) is 51.7. The second kappa shape index (κ2) is 7.63. The van der Waals surface area contributed by atoms with Crippen LogP contribution in [0.4, 0.5) is 0 Å². The number of nitrogens with two attached hydrogens (primary N) is 1. The van der Waals surface area contributed by atoms with E-state index in [4.69, 9.17) is 25.1 Å². The first-order chi connectivity index (χ1) is 10.8. The summed E-state index contributed by atoms with van der Waals surface area (Å²) in [5.41, 5.74) is 5.70. The second-order valence-electron chi connectivity index (χ2n) is 5.61. The fraction of sp³-hybridized carbons (Fsp3) is 1.00. The summed E-state index contributed by atoms with van der Waals surface area (Å²) in [6.45, 7) is -1.25. The van der Waals surface area contributed by atoms with Crippen LogP contribution in [0.1, 0.15) is 0 Å². The first-order valence-corrected chi connectivity index (χ1v) is 7.15. The molecule has 0 saturated carbocycles. The van der Waals surface area contributed by atoms with E-state index in [2.05, 4.69) is 0 Å². The number of aliphatic hydroxyl groups is 7. The van der Waals surface area contributed by atoms with Crippen molar-refractivity contribution in [2.45, 2.75) is 61.3 Å². The molecule has 0 aromatic carbocycles. The van der Waals surface area contributed by atoms with Gasteiger partial charge in [-0.3, -0.25) is 0 Å². The predicted molar refractivity (Wildman–Crippen MR) is 70.6 cm³/mol. The van der Waals surface area contributed by atoms with E-state index in [9.17, 15) is 30.6 Å². The van der Waals surface area contributed by atoms with Gasteiger partial charge in [-0.2, -0.15) is 0 Å². The quantitative estimate of drug-likeness (QED) is 0.243. The Kier molecular flexibility index (Phi) is 6.27. The Morgan fingerprint density at radius 2 is 1.39 bits per heavy atom. The highest BCUT2D eigenvalue weighted by molar-refractivity contribution is 4.95. The van der Waals surface area contributed by atoms with Crippen LogP contribution in [-0.2, 0) is 14.2 Å². The minimum Gasteiger partial charge on any atom is -0.394 e. The Hall–Kier alpha value is -0.440. The molecular weight excluding hydrogens is 318 g/mol. The summed E-state index contributed by atoms with van der Waals surface area (Å²) < 4.78 is 15.6. The van der Waals surface area contributed by atoms with Gasteiger partial charge in [-0.05, 0) is 0 Å². The predicted octanol–water partition coefficient (Wildman–Crippen LogP) is -5.43. The molecule has 0 amide bonds. The molecule has 0 aromatic heterocycles. The van der Waals surface area contributed by atoms with Crippen molar-refractivity contribution in [3.8, 4) is 0 Å². The fourth-order valence-electron chi connectivity index (χ4n) is 2.62. The van der Waals surface area contributed by atoms with Crippen molar-refractivity contribution in [2.24, 2.45) is 5.73 Å². The van der Waals surface area contributed by atoms with E-state index in [-0.39, 0.29) is 0 Å². The zero-order valence-electron chi connectivity index (χ0n) is 12.1. The minimum atomic E-state index is -1.71. The third-order valence-corrected chi connectivity index (χ3v) is 4.06. The van der Waals surface area contributed by atoms with Gasteiger partial charge in [0.15, 0.2) is 12.6 Å². The van der Waals surface area contributed by atoms with Crippen LogP contribution in [0.3, 0.4) is 0 Å². The molecule has 0 spiro atoms. The fourth-order valence-corrected chi connectivity index (χ4v) is 2.62. The van der Waals surface area contributed by atoms with Crippen LogP contribution in [0.2, 0.25) is 0 Å². The van der Waals surface area contributed by atoms with E-state index < -0.39 is 74.6 Å². The van der Waals surface area contributed by atoms with Crippen LogP contribution in [0.25, 0.3) is 0 Å². The van der Waals surface area contributed by atoms with Gasteiger partial charge in [0.2, 0.25) is 0 Å². The Labute approximate surface area is 131 Å². The number of ether oxygens (including phenoxy) is 3. The van der Waals surface area contributed by atoms with E-state index in [1.165, 1.54) is 0 Å². The highest BCUT2D eigenvalue weighted by Gasteiger charge is 2.49. The number of aliphatic hydroxyl groups excluding tert-OH is 7. The largest absolute Gasteiger partial charge is 0.394 e. The maximum Gasteiger partial charge on any atom is 0.184 e. The van der Waals surface area contributed by atoms with E-state index in [1.54, 1.807) is 0 Å². The Balaban J connectivity index is 2.11. The van der Waals surface area contributed by atoms with Crippen molar-refractivity contribution in [1.29, 1.82) is 0 Å². The molecule has 136 valence electrons. The van der Waals surface area contributed by atoms with Crippen LogP contribution in [0.15, 0.2) is 0 Å². The zero-order chi connectivity index (χ0) is 17.3. The molecular formula is C12H23NO10. The molecule has 2 fully saturated rings. The lowest BCUT2D eigenvalue weighted by atomic mass is 9.96. The standard InChI is InChI=1S/C12H23NO10/c13-5-7(17)6(16)3(1-14)22-12(5)23-10-4(2-15)21-11(20)9(19)8(10)18/h3-12,14-20H,1-2,13H2/t3-,4-,5-,6-,7-,8-,9-,10-,11-,12+/m1/s1. The lowest BCUT2D eigenvalue weighted by molar-refractivity contribution is -0.339. The van der Waals surface area contributed by atoms with E-state index in [0.717, 1.165) is 0 Å². The van der Waals surface area contributed by atoms with Crippen molar-refractivity contribution >= 4 is 0 Å². The number of hydrogen-bond donors (Lipinski definition) is 8. The maximum atomic E-state index is 9.98. The molecule has 11 heteroatoms. The summed E-state index contributed by atoms with van der Waals surface area (Å²) in [6.07, 6.45) is -12.9. The van der Waals surface area contributed by atoms with Crippen LogP contribution in [0, 0.1) is 0 Å². The third kappa shape index (κ3) is 3.65. The molecule has 2 heterocycles. The van der Waals surface area contributed by atoms with Gasteiger partial charge < -0.3 is 55.7 Å². The molecule has 11 nitrogen and oxygen atoms in total. The molecule has 2 aliphatic heterocycles. The SMILES string of the molecule is N[C@H]1[C@H](O[C@H]2[C@H](O)[C@@H](O)[C@H](O)O[C@@H]2CO)O[C@H](CO)[C@@H](O)[C@@H]1O. The molecule has 2 rings (SSSR count). The summed E-state index contributed by atoms with van der Waals surface area (Å²) in [7, 11) is 0. The van der Waals surface area contributed by atoms with Crippen LogP contribution in [0.5, 0.6) is 0 Å². The number of rotatable bonds is 4. The van der Waals surface area contributed by atoms with Crippen molar-refractivity contribution < 1.29 is 50.0 Å². The lowest BCUT2D eigenvalue weighted by Gasteiger charge is -2.45. The summed E-state index contributed by atoms with van der Waals surface area (Å²) >= 11 is 0. The van der Waals surface area contributed by atoms with E-state index in [1.807, 2.05) is 0 Å². The molecule has 0 aromatic rings. The van der Waals surface area contributed by atoms with E-state index >= 15 is 0 Å². The Bertz CT molecular complexity index is 383. The third-order valence-electron chi connectivity index (χ3n) is 4.06. The molecule has 0 aliphatic carbocycles. The smallest absolute Gasteiger partial charge is 0.184 e. The van der Waals surface area contributed by atoms with Crippen molar-refractivity contribution in [3.05, 3.63) is 0 Å². The van der Waals surface area contributed by atoms with Gasteiger partial charge in [0.25, 0.3) is 0 Å². The molecule has 10 atom stereocenters. The molecule has 0 unspecified atom stereocenters.